The normalized spacial score (nSPS) is 12.6. The summed E-state index contributed by atoms with van der Waals surface area (Å²) in [6, 6.07) is 22.5. The van der Waals surface area contributed by atoms with Crippen molar-refractivity contribution in [3.63, 3.8) is 0 Å². The number of unbranched alkanes of at least 4 members (excludes halogenated alkanes) is 4. The first kappa shape index (κ1) is 26.1. The fraction of sp³-hybridized carbons (Fsp3) is 0.379. The van der Waals surface area contributed by atoms with Gasteiger partial charge in [0, 0.05) is 35.6 Å². The van der Waals surface area contributed by atoms with Gasteiger partial charge in [-0.1, -0.05) is 38.3 Å². The highest BCUT2D eigenvalue weighted by Gasteiger charge is 2.13. The molecule has 0 aliphatic rings. The Kier molecular flexibility index (Phi) is 10.4. The van der Waals surface area contributed by atoms with Gasteiger partial charge in [0.1, 0.15) is 17.2 Å². The van der Waals surface area contributed by atoms with Crippen LogP contribution in [0.2, 0.25) is 0 Å². The van der Waals surface area contributed by atoms with Gasteiger partial charge >= 0.3 is 0 Å². The van der Waals surface area contributed by atoms with E-state index in [0.717, 1.165) is 55.7 Å². The first-order valence-corrected chi connectivity index (χ1v) is 12.6. The first-order chi connectivity index (χ1) is 17.0. The molecule has 3 aromatic carbocycles. The minimum atomic E-state index is -0.392. The highest BCUT2D eigenvalue weighted by molar-refractivity contribution is 5.44. The van der Waals surface area contributed by atoms with Crippen LogP contribution in [0.1, 0.15) is 58.3 Å². The Labute approximate surface area is 209 Å². The molecular weight excluding hydrogens is 438 g/mol. The summed E-state index contributed by atoms with van der Waals surface area (Å²) in [7, 11) is 0. The predicted octanol–water partition coefficient (Wildman–Crippen LogP) is 6.81. The third-order valence-electron chi connectivity index (χ3n) is 5.86. The Hall–Kier alpha value is -3.54. The summed E-state index contributed by atoms with van der Waals surface area (Å²) in [6.07, 6.45) is 8.28. The lowest BCUT2D eigenvalue weighted by Crippen LogP contribution is -2.24. The standard InChI is InChI=1S/C29H39N3O3/c1-2-25(33-27-13-8-10-23(31)20-27)12-6-4-3-5-7-15-29(34-26-18-16-22(30)17-19-26)35-28-14-9-11-24(32)21-28/h8-11,13-14,16-21,25,29H,2-7,12,15,30-32H2,1H3. The molecule has 0 spiro atoms. The molecule has 6 N–H and O–H groups in total. The molecule has 2 unspecified atom stereocenters. The van der Waals surface area contributed by atoms with Crippen molar-refractivity contribution < 1.29 is 14.2 Å². The maximum absolute atomic E-state index is 6.11. The van der Waals surface area contributed by atoms with Gasteiger partial charge in [0.15, 0.2) is 0 Å². The molecule has 0 saturated carbocycles. The maximum atomic E-state index is 6.11. The Morgan fingerprint density at radius 3 is 1.71 bits per heavy atom. The summed E-state index contributed by atoms with van der Waals surface area (Å²) in [6.45, 7) is 2.17. The van der Waals surface area contributed by atoms with E-state index in [4.69, 9.17) is 31.4 Å². The van der Waals surface area contributed by atoms with Gasteiger partial charge in [-0.05, 0) is 74.2 Å². The van der Waals surface area contributed by atoms with Crippen molar-refractivity contribution in [2.45, 2.75) is 70.7 Å². The molecule has 0 amide bonds. The smallest absolute Gasteiger partial charge is 0.241 e. The average Bonchev–Trinajstić information content (AvgIpc) is 2.84. The fourth-order valence-corrected chi connectivity index (χ4v) is 3.92. The van der Waals surface area contributed by atoms with Crippen LogP contribution in [0.4, 0.5) is 17.1 Å². The van der Waals surface area contributed by atoms with Gasteiger partial charge in [0.05, 0.1) is 6.10 Å². The van der Waals surface area contributed by atoms with E-state index < -0.39 is 6.29 Å². The highest BCUT2D eigenvalue weighted by Crippen LogP contribution is 2.23. The summed E-state index contributed by atoms with van der Waals surface area (Å²) in [5.74, 6) is 2.29. The summed E-state index contributed by atoms with van der Waals surface area (Å²) in [5.41, 5.74) is 19.7. The molecule has 0 saturated heterocycles. The van der Waals surface area contributed by atoms with Crippen molar-refractivity contribution >= 4 is 17.1 Å². The Morgan fingerprint density at radius 2 is 1.11 bits per heavy atom. The molecule has 2 atom stereocenters. The lowest BCUT2D eigenvalue weighted by atomic mass is 10.1. The van der Waals surface area contributed by atoms with Crippen molar-refractivity contribution in [3.8, 4) is 17.2 Å². The first-order valence-electron chi connectivity index (χ1n) is 12.6. The molecule has 0 aliphatic heterocycles. The summed E-state index contributed by atoms with van der Waals surface area (Å²) in [4.78, 5) is 0. The summed E-state index contributed by atoms with van der Waals surface area (Å²) < 4.78 is 18.3. The number of nitrogen functional groups attached to an aromatic ring is 3. The zero-order valence-electron chi connectivity index (χ0n) is 20.7. The third-order valence-corrected chi connectivity index (χ3v) is 5.86. The highest BCUT2D eigenvalue weighted by atomic mass is 16.7. The van der Waals surface area contributed by atoms with E-state index >= 15 is 0 Å². The molecular formula is C29H39N3O3. The zero-order valence-corrected chi connectivity index (χ0v) is 20.7. The van der Waals surface area contributed by atoms with Crippen LogP contribution in [0.5, 0.6) is 17.2 Å². The largest absolute Gasteiger partial charge is 0.490 e. The second-order valence-electron chi connectivity index (χ2n) is 8.87. The number of ether oxygens (including phenoxy) is 3. The second-order valence-corrected chi connectivity index (χ2v) is 8.87. The van der Waals surface area contributed by atoms with Crippen LogP contribution in [0.3, 0.4) is 0 Å². The van der Waals surface area contributed by atoms with Crippen molar-refractivity contribution in [2.75, 3.05) is 17.2 Å². The Bertz CT molecular complexity index is 1010. The third kappa shape index (κ3) is 9.69. The predicted molar refractivity (Wildman–Crippen MR) is 145 cm³/mol. The van der Waals surface area contributed by atoms with Crippen LogP contribution in [-0.2, 0) is 0 Å². The number of nitrogens with two attached hydrogens (primary N) is 3. The summed E-state index contributed by atoms with van der Waals surface area (Å²) >= 11 is 0. The SMILES string of the molecule is CCC(CCCCCCCC(Oc1ccc(N)cc1)Oc1cccc(N)c1)Oc1cccc(N)c1. The molecule has 6 heteroatoms. The molecule has 3 rings (SSSR count). The number of hydrogen-bond acceptors (Lipinski definition) is 6. The molecule has 0 aromatic heterocycles. The van der Waals surface area contributed by atoms with E-state index in [1.54, 1.807) is 0 Å². The van der Waals surface area contributed by atoms with E-state index in [-0.39, 0.29) is 6.10 Å². The molecule has 0 aliphatic carbocycles. The number of anilines is 3. The fourth-order valence-electron chi connectivity index (χ4n) is 3.92. The van der Waals surface area contributed by atoms with E-state index in [9.17, 15) is 0 Å². The van der Waals surface area contributed by atoms with Crippen LogP contribution < -0.4 is 31.4 Å². The van der Waals surface area contributed by atoms with Gasteiger partial charge in [0.25, 0.3) is 0 Å². The van der Waals surface area contributed by atoms with E-state index in [2.05, 4.69) is 6.92 Å². The summed E-state index contributed by atoms with van der Waals surface area (Å²) in [5, 5.41) is 0. The van der Waals surface area contributed by atoms with Crippen molar-refractivity contribution in [3.05, 3.63) is 72.8 Å². The average molecular weight is 478 g/mol. The zero-order chi connectivity index (χ0) is 24.9. The van der Waals surface area contributed by atoms with Crippen LogP contribution in [-0.4, -0.2) is 12.4 Å². The maximum Gasteiger partial charge on any atom is 0.241 e. The number of hydrogen-bond donors (Lipinski definition) is 3. The molecule has 0 radical (unpaired) electrons. The van der Waals surface area contributed by atoms with Crippen molar-refractivity contribution in [2.24, 2.45) is 0 Å². The topological polar surface area (TPSA) is 106 Å². The lowest BCUT2D eigenvalue weighted by molar-refractivity contribution is -0.00240. The van der Waals surface area contributed by atoms with Gasteiger partial charge in [-0.3, -0.25) is 0 Å². The van der Waals surface area contributed by atoms with E-state index in [1.807, 2.05) is 72.8 Å². The van der Waals surface area contributed by atoms with Crippen molar-refractivity contribution in [1.82, 2.24) is 0 Å². The van der Waals surface area contributed by atoms with Gasteiger partial charge < -0.3 is 31.4 Å². The van der Waals surface area contributed by atoms with E-state index in [0.29, 0.717) is 17.1 Å². The Morgan fingerprint density at radius 1 is 0.571 bits per heavy atom. The minimum Gasteiger partial charge on any atom is -0.490 e. The molecule has 0 heterocycles. The quantitative estimate of drug-likeness (QED) is 0.126. The van der Waals surface area contributed by atoms with Gasteiger partial charge in [-0.15, -0.1) is 0 Å². The number of rotatable bonds is 15. The van der Waals surface area contributed by atoms with Crippen LogP contribution in [0.25, 0.3) is 0 Å². The van der Waals surface area contributed by atoms with Crippen molar-refractivity contribution in [1.29, 1.82) is 0 Å². The minimum absolute atomic E-state index is 0.223. The lowest BCUT2D eigenvalue weighted by Gasteiger charge is -2.21. The van der Waals surface area contributed by atoms with E-state index in [1.165, 1.54) is 12.8 Å². The van der Waals surface area contributed by atoms with Crippen LogP contribution in [0.15, 0.2) is 72.8 Å². The Balaban J connectivity index is 1.39. The van der Waals surface area contributed by atoms with Crippen LogP contribution in [0, 0.1) is 0 Å². The second kappa shape index (κ2) is 14.0. The van der Waals surface area contributed by atoms with Crippen LogP contribution >= 0.6 is 0 Å². The molecule has 3 aromatic rings. The monoisotopic (exact) mass is 477 g/mol. The van der Waals surface area contributed by atoms with Gasteiger partial charge in [0.2, 0.25) is 6.29 Å². The number of benzene rings is 3. The molecule has 0 fully saturated rings. The molecule has 0 bridgehead atoms. The molecule has 6 nitrogen and oxygen atoms in total. The van der Waals surface area contributed by atoms with Gasteiger partial charge in [-0.2, -0.15) is 0 Å². The van der Waals surface area contributed by atoms with Gasteiger partial charge in [-0.25, -0.2) is 0 Å². The molecule has 35 heavy (non-hydrogen) atoms. The molecule has 188 valence electrons.